The highest BCUT2D eigenvalue weighted by Gasteiger charge is 2.19. The van der Waals surface area contributed by atoms with Gasteiger partial charge in [-0.3, -0.25) is 9.69 Å². The number of hydrogen-bond acceptors (Lipinski definition) is 4. The van der Waals surface area contributed by atoms with Crippen LogP contribution in [-0.2, 0) is 9.53 Å². The molecule has 1 amide bonds. The molecule has 0 radical (unpaired) electrons. The Labute approximate surface area is 150 Å². The second-order valence-corrected chi connectivity index (χ2v) is 5.87. The van der Waals surface area contributed by atoms with E-state index in [1.54, 1.807) is 31.0 Å². The number of methoxy groups -OCH3 is 1. The minimum atomic E-state index is -0.531. The fourth-order valence-electron chi connectivity index (χ4n) is 2.44. The molecule has 0 bridgehead atoms. The summed E-state index contributed by atoms with van der Waals surface area (Å²) in [7, 11) is 2.94. The molecule has 0 fully saturated rings. The van der Waals surface area contributed by atoms with Crippen molar-refractivity contribution in [3.8, 4) is 0 Å². The molecule has 26 heavy (non-hydrogen) atoms. The molecule has 0 saturated carbocycles. The lowest BCUT2D eigenvalue weighted by molar-refractivity contribution is -0.117. The zero-order valence-electron chi connectivity index (χ0n) is 14.8. The molecule has 1 unspecified atom stereocenters. The summed E-state index contributed by atoms with van der Waals surface area (Å²) in [6, 6.07) is 9.00. The number of esters is 1. The Morgan fingerprint density at radius 3 is 2.42 bits per heavy atom. The first kappa shape index (κ1) is 19.5. The van der Waals surface area contributed by atoms with E-state index in [2.05, 4.69) is 10.1 Å². The zero-order chi connectivity index (χ0) is 19.3. The smallest absolute Gasteiger partial charge is 0.337 e. The van der Waals surface area contributed by atoms with Crippen molar-refractivity contribution in [3.05, 3.63) is 65.2 Å². The summed E-state index contributed by atoms with van der Waals surface area (Å²) in [4.78, 5) is 25.2. The minimum Gasteiger partial charge on any atom is -0.465 e. The van der Waals surface area contributed by atoms with Gasteiger partial charge < -0.3 is 10.1 Å². The fourth-order valence-corrected chi connectivity index (χ4v) is 2.44. The van der Waals surface area contributed by atoms with Gasteiger partial charge in [-0.1, -0.05) is 0 Å². The molecule has 1 N–H and O–H groups in total. The molecular formula is C19H20F2N2O3. The van der Waals surface area contributed by atoms with E-state index < -0.39 is 23.6 Å². The van der Waals surface area contributed by atoms with Crippen molar-refractivity contribution in [2.24, 2.45) is 0 Å². The Morgan fingerprint density at radius 1 is 1.15 bits per heavy atom. The summed E-state index contributed by atoms with van der Waals surface area (Å²) in [6.07, 6.45) is 0. The number of nitrogens with zero attached hydrogens (tertiary/aromatic N) is 1. The van der Waals surface area contributed by atoms with Crippen LogP contribution < -0.4 is 5.32 Å². The number of likely N-dealkylation sites (N-methyl/N-ethyl adjacent to an activating group) is 1. The van der Waals surface area contributed by atoms with E-state index in [4.69, 9.17) is 0 Å². The van der Waals surface area contributed by atoms with Crippen molar-refractivity contribution in [1.29, 1.82) is 0 Å². The predicted molar refractivity (Wildman–Crippen MR) is 93.8 cm³/mol. The number of hydrogen-bond donors (Lipinski definition) is 1. The van der Waals surface area contributed by atoms with E-state index in [-0.39, 0.29) is 18.0 Å². The molecule has 2 aromatic rings. The predicted octanol–water partition coefficient (Wildman–Crippen LogP) is 3.38. The van der Waals surface area contributed by atoms with E-state index in [1.165, 1.54) is 19.2 Å². The van der Waals surface area contributed by atoms with Crippen LogP contribution in [0.3, 0.4) is 0 Å². The molecule has 1 atom stereocenters. The van der Waals surface area contributed by atoms with E-state index in [0.717, 1.165) is 18.2 Å². The van der Waals surface area contributed by atoms with E-state index in [1.807, 2.05) is 0 Å². The zero-order valence-corrected chi connectivity index (χ0v) is 14.8. The van der Waals surface area contributed by atoms with Crippen molar-refractivity contribution in [2.75, 3.05) is 26.0 Å². The molecule has 0 heterocycles. The number of ether oxygens (including phenoxy) is 1. The Balaban J connectivity index is 1.98. The number of nitrogens with one attached hydrogen (secondary N) is 1. The van der Waals surface area contributed by atoms with Crippen LogP contribution in [0.1, 0.15) is 28.9 Å². The topological polar surface area (TPSA) is 58.6 Å². The monoisotopic (exact) mass is 362 g/mol. The molecule has 2 aromatic carbocycles. The summed E-state index contributed by atoms with van der Waals surface area (Å²) < 4.78 is 31.8. The van der Waals surface area contributed by atoms with Crippen molar-refractivity contribution >= 4 is 17.6 Å². The maximum atomic E-state index is 13.9. The second kappa shape index (κ2) is 8.53. The Morgan fingerprint density at radius 2 is 1.81 bits per heavy atom. The average molecular weight is 362 g/mol. The highest BCUT2D eigenvalue weighted by Crippen LogP contribution is 2.22. The average Bonchev–Trinajstić information content (AvgIpc) is 2.62. The second-order valence-electron chi connectivity index (χ2n) is 5.87. The number of amides is 1. The maximum Gasteiger partial charge on any atom is 0.337 e. The van der Waals surface area contributed by atoms with Gasteiger partial charge in [0.1, 0.15) is 11.6 Å². The number of rotatable bonds is 6. The van der Waals surface area contributed by atoms with Gasteiger partial charge in [-0.25, -0.2) is 13.6 Å². The van der Waals surface area contributed by atoms with Gasteiger partial charge in [-0.15, -0.1) is 0 Å². The first-order valence-electron chi connectivity index (χ1n) is 7.95. The standard InChI is InChI=1S/C19H20F2N2O3/c1-12(16-10-14(20)6-9-17(16)21)23(2)11-18(24)22-15-7-4-13(5-8-15)19(25)26-3/h4-10,12H,11H2,1-3H3,(H,22,24). The lowest BCUT2D eigenvalue weighted by Gasteiger charge is -2.24. The number of halogens is 2. The number of benzene rings is 2. The van der Waals surface area contributed by atoms with Crippen molar-refractivity contribution in [1.82, 2.24) is 4.90 Å². The molecule has 0 aliphatic rings. The van der Waals surface area contributed by atoms with Crippen molar-refractivity contribution in [3.63, 3.8) is 0 Å². The molecule has 0 spiro atoms. The quantitative estimate of drug-likeness (QED) is 0.801. The summed E-state index contributed by atoms with van der Waals surface area (Å²) >= 11 is 0. The lowest BCUT2D eigenvalue weighted by Crippen LogP contribution is -2.32. The third-order valence-corrected chi connectivity index (χ3v) is 4.05. The van der Waals surface area contributed by atoms with Gasteiger partial charge in [0.2, 0.25) is 5.91 Å². The van der Waals surface area contributed by atoms with Crippen LogP contribution >= 0.6 is 0 Å². The van der Waals surface area contributed by atoms with Crippen LogP contribution in [0.25, 0.3) is 0 Å². The third kappa shape index (κ3) is 4.86. The van der Waals surface area contributed by atoms with Gasteiger partial charge in [0.25, 0.3) is 0 Å². The summed E-state index contributed by atoms with van der Waals surface area (Å²) in [5.41, 5.74) is 1.07. The molecule has 0 aromatic heterocycles. The first-order chi connectivity index (χ1) is 12.3. The molecule has 7 heteroatoms. The highest BCUT2D eigenvalue weighted by atomic mass is 19.1. The first-order valence-corrected chi connectivity index (χ1v) is 7.95. The molecule has 0 saturated heterocycles. The van der Waals surface area contributed by atoms with Gasteiger partial charge in [0.15, 0.2) is 0 Å². The molecule has 138 valence electrons. The van der Waals surface area contributed by atoms with Crippen molar-refractivity contribution < 1.29 is 23.1 Å². The molecular weight excluding hydrogens is 342 g/mol. The molecule has 2 rings (SSSR count). The largest absolute Gasteiger partial charge is 0.465 e. The van der Waals surface area contributed by atoms with E-state index in [9.17, 15) is 18.4 Å². The van der Waals surface area contributed by atoms with Gasteiger partial charge >= 0.3 is 5.97 Å². The Bertz CT molecular complexity index is 794. The van der Waals surface area contributed by atoms with Gasteiger partial charge in [-0.2, -0.15) is 0 Å². The maximum absolute atomic E-state index is 13.9. The molecule has 0 aliphatic carbocycles. The Hall–Kier alpha value is -2.80. The highest BCUT2D eigenvalue weighted by molar-refractivity contribution is 5.94. The van der Waals surface area contributed by atoms with Gasteiger partial charge in [0.05, 0.1) is 19.2 Å². The van der Waals surface area contributed by atoms with Crippen LogP contribution in [0.4, 0.5) is 14.5 Å². The van der Waals surface area contributed by atoms with Crippen LogP contribution in [0.2, 0.25) is 0 Å². The van der Waals surface area contributed by atoms with Crippen molar-refractivity contribution in [2.45, 2.75) is 13.0 Å². The molecule has 5 nitrogen and oxygen atoms in total. The lowest BCUT2D eigenvalue weighted by atomic mass is 10.1. The SMILES string of the molecule is COC(=O)c1ccc(NC(=O)CN(C)C(C)c2cc(F)ccc2F)cc1. The minimum absolute atomic E-state index is 0.0180. The molecule has 0 aliphatic heterocycles. The van der Waals surface area contributed by atoms with Crippen LogP contribution in [-0.4, -0.2) is 37.5 Å². The number of carbonyl (C=O) groups is 2. The fraction of sp³-hybridized carbons (Fsp3) is 0.263. The van der Waals surface area contributed by atoms with E-state index >= 15 is 0 Å². The summed E-state index contributed by atoms with van der Waals surface area (Å²) in [6.45, 7) is 1.67. The van der Waals surface area contributed by atoms with Gasteiger partial charge in [-0.05, 0) is 56.4 Å². The van der Waals surface area contributed by atoms with Gasteiger partial charge in [0, 0.05) is 17.3 Å². The third-order valence-electron chi connectivity index (χ3n) is 4.05. The Kier molecular flexibility index (Phi) is 6.41. The summed E-state index contributed by atoms with van der Waals surface area (Å²) in [5.74, 6) is -1.84. The summed E-state index contributed by atoms with van der Waals surface area (Å²) in [5, 5.41) is 2.69. The number of anilines is 1. The number of carbonyl (C=O) groups excluding carboxylic acids is 2. The van der Waals surface area contributed by atoms with Crippen LogP contribution in [0.5, 0.6) is 0 Å². The van der Waals surface area contributed by atoms with Crippen LogP contribution in [0.15, 0.2) is 42.5 Å². The van der Waals surface area contributed by atoms with E-state index in [0.29, 0.717) is 11.3 Å². The van der Waals surface area contributed by atoms with Crippen LogP contribution in [0, 0.1) is 11.6 Å². The normalized spacial score (nSPS) is 11.9.